The fourth-order valence-corrected chi connectivity index (χ4v) is 2.49. The summed E-state index contributed by atoms with van der Waals surface area (Å²) in [6, 6.07) is 5.38. The standard InChI is InChI=1S/C17H22N2O4/c1-2-3-10-23-16(21)8-7-13-11-15(20)19(17(13)22)12-14-6-4-5-9-18-14/h4-6,9,13H,2-3,7-8,10-12H2,1H3. The molecule has 1 aromatic heterocycles. The molecule has 2 amide bonds. The Kier molecular flexibility index (Phi) is 6.26. The highest BCUT2D eigenvalue weighted by Gasteiger charge is 2.38. The number of pyridine rings is 1. The molecule has 1 aliphatic heterocycles. The number of likely N-dealkylation sites (tertiary alicyclic amines) is 1. The first-order valence-electron chi connectivity index (χ1n) is 8.01. The Bertz CT molecular complexity index is 559. The lowest BCUT2D eigenvalue weighted by Crippen LogP contribution is -2.30. The number of rotatable bonds is 8. The molecule has 6 nitrogen and oxygen atoms in total. The third-order valence-corrected chi connectivity index (χ3v) is 3.84. The van der Waals surface area contributed by atoms with Gasteiger partial charge in [-0.3, -0.25) is 24.3 Å². The first-order chi connectivity index (χ1) is 11.1. The van der Waals surface area contributed by atoms with E-state index in [0.29, 0.717) is 18.7 Å². The lowest BCUT2D eigenvalue weighted by molar-refractivity contribution is -0.144. The van der Waals surface area contributed by atoms with Crippen molar-refractivity contribution in [3.63, 3.8) is 0 Å². The number of aromatic nitrogens is 1. The van der Waals surface area contributed by atoms with Crippen LogP contribution in [-0.2, 0) is 25.7 Å². The number of carbonyl (C=O) groups excluding carboxylic acids is 3. The van der Waals surface area contributed by atoms with Gasteiger partial charge in [-0.05, 0) is 25.0 Å². The molecule has 1 atom stereocenters. The first kappa shape index (κ1) is 17.1. The Morgan fingerprint density at radius 3 is 2.91 bits per heavy atom. The van der Waals surface area contributed by atoms with Crippen LogP contribution in [0.3, 0.4) is 0 Å². The molecule has 1 saturated heterocycles. The maximum absolute atomic E-state index is 12.3. The summed E-state index contributed by atoms with van der Waals surface area (Å²) in [5.41, 5.74) is 0.675. The van der Waals surface area contributed by atoms with Gasteiger partial charge < -0.3 is 4.74 Å². The number of esters is 1. The quantitative estimate of drug-likeness (QED) is 0.417. The molecule has 2 rings (SSSR count). The van der Waals surface area contributed by atoms with Crippen LogP contribution in [0.5, 0.6) is 0 Å². The SMILES string of the molecule is CCCCOC(=O)CCC1CC(=O)N(Cc2ccccn2)C1=O. The Balaban J connectivity index is 1.82. The second-order valence-electron chi connectivity index (χ2n) is 5.65. The van der Waals surface area contributed by atoms with Crippen LogP contribution in [0.15, 0.2) is 24.4 Å². The molecule has 1 unspecified atom stereocenters. The van der Waals surface area contributed by atoms with Crippen molar-refractivity contribution >= 4 is 17.8 Å². The molecule has 1 aliphatic rings. The van der Waals surface area contributed by atoms with Crippen molar-refractivity contribution in [2.24, 2.45) is 5.92 Å². The molecule has 6 heteroatoms. The third-order valence-electron chi connectivity index (χ3n) is 3.84. The third kappa shape index (κ3) is 4.87. The lowest BCUT2D eigenvalue weighted by atomic mass is 10.0. The Hall–Kier alpha value is -2.24. The van der Waals surface area contributed by atoms with E-state index in [1.165, 1.54) is 4.90 Å². The highest BCUT2D eigenvalue weighted by Crippen LogP contribution is 2.25. The van der Waals surface area contributed by atoms with Crippen LogP contribution in [-0.4, -0.2) is 34.3 Å². The molecular formula is C17H22N2O4. The van der Waals surface area contributed by atoms with Gasteiger partial charge in [-0.15, -0.1) is 0 Å². The first-order valence-corrected chi connectivity index (χ1v) is 8.01. The zero-order valence-electron chi connectivity index (χ0n) is 13.4. The van der Waals surface area contributed by atoms with Crippen LogP contribution >= 0.6 is 0 Å². The topological polar surface area (TPSA) is 76.6 Å². The Morgan fingerprint density at radius 2 is 2.22 bits per heavy atom. The second kappa shape index (κ2) is 8.41. The summed E-state index contributed by atoms with van der Waals surface area (Å²) in [7, 11) is 0. The predicted octanol–water partition coefficient (Wildman–Crippen LogP) is 2.08. The maximum Gasteiger partial charge on any atom is 0.305 e. The summed E-state index contributed by atoms with van der Waals surface area (Å²) < 4.78 is 5.07. The summed E-state index contributed by atoms with van der Waals surface area (Å²) in [4.78, 5) is 41.3. The fourth-order valence-electron chi connectivity index (χ4n) is 2.49. The van der Waals surface area contributed by atoms with E-state index >= 15 is 0 Å². The highest BCUT2D eigenvalue weighted by molar-refractivity contribution is 6.03. The zero-order chi connectivity index (χ0) is 16.7. The van der Waals surface area contributed by atoms with Gasteiger partial charge in [0.05, 0.1) is 18.8 Å². The Morgan fingerprint density at radius 1 is 1.39 bits per heavy atom. The van der Waals surface area contributed by atoms with Gasteiger partial charge in [0, 0.05) is 25.0 Å². The van der Waals surface area contributed by atoms with Gasteiger partial charge in [-0.1, -0.05) is 19.4 Å². The van der Waals surface area contributed by atoms with Crippen LogP contribution in [0, 0.1) is 5.92 Å². The van der Waals surface area contributed by atoms with Gasteiger partial charge in [-0.25, -0.2) is 0 Å². The van der Waals surface area contributed by atoms with Crippen molar-refractivity contribution in [3.05, 3.63) is 30.1 Å². The molecule has 1 aromatic rings. The van der Waals surface area contributed by atoms with Gasteiger partial charge >= 0.3 is 5.97 Å². The number of imide groups is 1. The van der Waals surface area contributed by atoms with Crippen molar-refractivity contribution in [3.8, 4) is 0 Å². The summed E-state index contributed by atoms with van der Waals surface area (Å²) in [6.45, 7) is 2.63. The minimum absolute atomic E-state index is 0.161. The number of nitrogens with zero attached hydrogens (tertiary/aromatic N) is 2. The van der Waals surface area contributed by atoms with Crippen molar-refractivity contribution in [1.82, 2.24) is 9.88 Å². The van der Waals surface area contributed by atoms with Crippen LogP contribution < -0.4 is 0 Å². The molecule has 0 N–H and O–H groups in total. The molecule has 1 fully saturated rings. The molecule has 124 valence electrons. The lowest BCUT2D eigenvalue weighted by Gasteiger charge is -2.14. The number of carbonyl (C=O) groups is 3. The number of amides is 2. The van der Waals surface area contributed by atoms with E-state index in [1.807, 2.05) is 13.0 Å². The van der Waals surface area contributed by atoms with Gasteiger partial charge in [0.25, 0.3) is 0 Å². The van der Waals surface area contributed by atoms with Crippen molar-refractivity contribution in [1.29, 1.82) is 0 Å². The minimum Gasteiger partial charge on any atom is -0.466 e. The van der Waals surface area contributed by atoms with Gasteiger partial charge in [0.2, 0.25) is 11.8 Å². The van der Waals surface area contributed by atoms with E-state index in [2.05, 4.69) is 4.98 Å². The van der Waals surface area contributed by atoms with E-state index < -0.39 is 5.92 Å². The molecule has 0 bridgehead atoms. The van der Waals surface area contributed by atoms with E-state index in [1.54, 1.807) is 18.3 Å². The molecule has 0 aliphatic carbocycles. The van der Waals surface area contributed by atoms with E-state index in [0.717, 1.165) is 12.8 Å². The summed E-state index contributed by atoms with van der Waals surface area (Å²) in [5, 5.41) is 0. The van der Waals surface area contributed by atoms with Gasteiger partial charge in [0.1, 0.15) is 0 Å². The number of unbranched alkanes of at least 4 members (excludes halogenated alkanes) is 1. The molecule has 0 saturated carbocycles. The van der Waals surface area contributed by atoms with Gasteiger partial charge in [-0.2, -0.15) is 0 Å². The van der Waals surface area contributed by atoms with Crippen LogP contribution in [0.4, 0.5) is 0 Å². The molecule has 0 spiro atoms. The monoisotopic (exact) mass is 318 g/mol. The van der Waals surface area contributed by atoms with Crippen LogP contribution in [0.25, 0.3) is 0 Å². The fraction of sp³-hybridized carbons (Fsp3) is 0.529. The van der Waals surface area contributed by atoms with Crippen LogP contribution in [0.1, 0.15) is 44.7 Å². The molecular weight excluding hydrogens is 296 g/mol. The van der Waals surface area contributed by atoms with Crippen molar-refractivity contribution in [2.75, 3.05) is 6.61 Å². The summed E-state index contributed by atoms with van der Waals surface area (Å²) >= 11 is 0. The molecule has 0 radical (unpaired) electrons. The molecule has 2 heterocycles. The van der Waals surface area contributed by atoms with E-state index in [4.69, 9.17) is 4.74 Å². The van der Waals surface area contributed by atoms with Crippen LogP contribution in [0.2, 0.25) is 0 Å². The number of hydrogen-bond acceptors (Lipinski definition) is 5. The molecule has 23 heavy (non-hydrogen) atoms. The average Bonchev–Trinajstić information content (AvgIpc) is 2.82. The predicted molar refractivity (Wildman–Crippen MR) is 83.0 cm³/mol. The summed E-state index contributed by atoms with van der Waals surface area (Å²) in [6.07, 6.45) is 4.12. The maximum atomic E-state index is 12.3. The Labute approximate surface area is 135 Å². The molecule has 0 aromatic carbocycles. The van der Waals surface area contributed by atoms with Gasteiger partial charge in [0.15, 0.2) is 0 Å². The van der Waals surface area contributed by atoms with E-state index in [9.17, 15) is 14.4 Å². The summed E-state index contributed by atoms with van der Waals surface area (Å²) in [5.74, 6) is -1.15. The highest BCUT2D eigenvalue weighted by atomic mass is 16.5. The second-order valence-corrected chi connectivity index (χ2v) is 5.65. The smallest absolute Gasteiger partial charge is 0.305 e. The number of ether oxygens (including phenoxy) is 1. The number of hydrogen-bond donors (Lipinski definition) is 0. The average molecular weight is 318 g/mol. The van der Waals surface area contributed by atoms with Crippen molar-refractivity contribution < 1.29 is 19.1 Å². The largest absolute Gasteiger partial charge is 0.466 e. The zero-order valence-corrected chi connectivity index (χ0v) is 13.4. The minimum atomic E-state index is -0.426. The normalized spacial score (nSPS) is 17.6. The van der Waals surface area contributed by atoms with Crippen molar-refractivity contribution in [2.45, 2.75) is 45.6 Å². The van der Waals surface area contributed by atoms with E-state index in [-0.39, 0.29) is 37.2 Å².